The second kappa shape index (κ2) is 2.09. The van der Waals surface area contributed by atoms with Crippen LogP contribution in [-0.4, -0.2) is 9.97 Å². The molecule has 1 N–H and O–H groups in total. The topological polar surface area (TPSA) is 28.7 Å². The minimum atomic E-state index is 0.485. The van der Waals surface area contributed by atoms with Crippen molar-refractivity contribution in [3.63, 3.8) is 0 Å². The number of hydrogen-bond acceptors (Lipinski definition) is 1. The Hall–Kier alpha value is -1.31. The normalized spacial score (nSPS) is 10.7. The highest BCUT2D eigenvalue weighted by Gasteiger charge is 2.02. The van der Waals surface area contributed by atoms with Crippen molar-refractivity contribution >= 4 is 11.0 Å². The van der Waals surface area contributed by atoms with Crippen molar-refractivity contribution in [1.82, 2.24) is 9.97 Å². The number of nitrogens with one attached hydrogen (secondary N) is 1. The van der Waals surface area contributed by atoms with Gasteiger partial charge in [-0.15, -0.1) is 0 Å². The third-order valence-corrected chi connectivity index (χ3v) is 1.62. The minimum absolute atomic E-state index is 0.485. The third kappa shape index (κ3) is 0.827. The highest BCUT2D eigenvalue weighted by molar-refractivity contribution is 5.81. The lowest BCUT2D eigenvalue weighted by Crippen LogP contribution is -1.74. The molecule has 0 saturated carbocycles. The number of hydrogen-bond donors (Lipinski definition) is 1. The predicted octanol–water partition coefficient (Wildman–Crippen LogP) is 1.68. The highest BCUT2D eigenvalue weighted by Crippen LogP contribution is 2.17. The Bertz CT molecular complexity index is 387. The smallest absolute Gasteiger partial charge is 0.0917 e. The number of fused-ring (bicyclic) bond motifs is 1. The summed E-state index contributed by atoms with van der Waals surface area (Å²) >= 11 is 0. The Kier molecular flexibility index (Phi) is 1.22. The van der Waals surface area contributed by atoms with Crippen LogP contribution in [0.4, 0.5) is 0 Å². The van der Waals surface area contributed by atoms with Crippen LogP contribution in [0.15, 0.2) is 18.3 Å². The number of aromatic amines is 1. The van der Waals surface area contributed by atoms with Crippen LogP contribution in [0.5, 0.6) is 0 Å². The molecule has 52 valence electrons. The molecule has 0 fully saturated rings. The van der Waals surface area contributed by atoms with E-state index in [0.717, 1.165) is 11.0 Å². The standard InChI is InChI=1S/C9H6N2/c1-6-7(2)11-8-4-3-5-10-9(6)8/h1-5,11H. The zero-order chi connectivity index (χ0) is 7.84. The van der Waals surface area contributed by atoms with Gasteiger partial charge in [0.25, 0.3) is 0 Å². The average Bonchev–Trinajstić information content (AvgIpc) is 2.30. The fraction of sp³-hybridized carbons (Fsp3) is 0. The maximum Gasteiger partial charge on any atom is 0.0917 e. The summed E-state index contributed by atoms with van der Waals surface area (Å²) in [6.45, 7) is 11.2. The largest absolute Gasteiger partial charge is 0.357 e. The summed E-state index contributed by atoms with van der Waals surface area (Å²) in [7, 11) is 0. The van der Waals surface area contributed by atoms with Crippen LogP contribution in [0.25, 0.3) is 11.0 Å². The molecule has 2 heterocycles. The van der Waals surface area contributed by atoms with Crippen LogP contribution >= 0.6 is 0 Å². The van der Waals surface area contributed by atoms with Crippen molar-refractivity contribution in [2.45, 2.75) is 0 Å². The Morgan fingerprint density at radius 3 is 2.91 bits per heavy atom. The SMILES string of the molecule is [CH]c1[nH]c2cccnc2c1[CH]. The van der Waals surface area contributed by atoms with Gasteiger partial charge in [-0.05, 0) is 12.1 Å². The van der Waals surface area contributed by atoms with Crippen molar-refractivity contribution in [2.24, 2.45) is 0 Å². The molecule has 0 aromatic carbocycles. The summed E-state index contributed by atoms with van der Waals surface area (Å²) in [4.78, 5) is 6.98. The van der Waals surface area contributed by atoms with Gasteiger partial charge in [-0.2, -0.15) is 0 Å². The fourth-order valence-corrected chi connectivity index (χ4v) is 1.06. The van der Waals surface area contributed by atoms with Gasteiger partial charge in [0.05, 0.1) is 11.0 Å². The van der Waals surface area contributed by atoms with E-state index in [0.29, 0.717) is 11.3 Å². The summed E-state index contributed by atoms with van der Waals surface area (Å²) in [5.74, 6) is 0. The lowest BCUT2D eigenvalue weighted by Gasteiger charge is -1.86. The van der Waals surface area contributed by atoms with E-state index in [-0.39, 0.29) is 0 Å². The van der Waals surface area contributed by atoms with Crippen LogP contribution in [0.3, 0.4) is 0 Å². The first kappa shape index (κ1) is 6.40. The van der Waals surface area contributed by atoms with Crippen LogP contribution < -0.4 is 0 Å². The maximum atomic E-state index is 5.62. The van der Waals surface area contributed by atoms with Crippen LogP contribution in [0.2, 0.25) is 0 Å². The van der Waals surface area contributed by atoms with Crippen molar-refractivity contribution in [1.29, 1.82) is 0 Å². The molecule has 11 heavy (non-hydrogen) atoms. The Balaban J connectivity index is 2.92. The van der Waals surface area contributed by atoms with E-state index < -0.39 is 0 Å². The monoisotopic (exact) mass is 142 g/mol. The number of rotatable bonds is 0. The zero-order valence-corrected chi connectivity index (χ0v) is 5.83. The van der Waals surface area contributed by atoms with E-state index in [1.165, 1.54) is 0 Å². The summed E-state index contributed by atoms with van der Waals surface area (Å²) < 4.78 is 0. The molecule has 0 amide bonds. The number of pyridine rings is 1. The van der Waals surface area contributed by atoms with Crippen molar-refractivity contribution in [3.8, 4) is 0 Å². The lowest BCUT2D eigenvalue weighted by atomic mass is 10.2. The molecule has 0 aliphatic rings. The first-order valence-corrected chi connectivity index (χ1v) is 3.26. The van der Waals surface area contributed by atoms with Gasteiger partial charge < -0.3 is 4.98 Å². The molecule has 0 atom stereocenters. The van der Waals surface area contributed by atoms with Crippen molar-refractivity contribution in [3.05, 3.63) is 43.4 Å². The van der Waals surface area contributed by atoms with E-state index in [9.17, 15) is 0 Å². The molecule has 2 aromatic heterocycles. The molecular formula is C9H6N2. The first-order valence-electron chi connectivity index (χ1n) is 3.26. The summed E-state index contributed by atoms with van der Waals surface area (Å²) in [5, 5.41) is 0. The van der Waals surface area contributed by atoms with Crippen molar-refractivity contribution in [2.75, 3.05) is 0 Å². The van der Waals surface area contributed by atoms with E-state index in [1.54, 1.807) is 6.20 Å². The predicted molar refractivity (Wildman–Crippen MR) is 42.9 cm³/mol. The van der Waals surface area contributed by atoms with E-state index in [4.69, 9.17) is 13.8 Å². The second-order valence-electron chi connectivity index (χ2n) is 2.35. The lowest BCUT2D eigenvalue weighted by molar-refractivity contribution is 1.37. The Morgan fingerprint density at radius 1 is 1.36 bits per heavy atom. The van der Waals surface area contributed by atoms with E-state index in [2.05, 4.69) is 9.97 Å². The molecule has 2 aromatic rings. The minimum Gasteiger partial charge on any atom is -0.357 e. The molecule has 0 aliphatic heterocycles. The Morgan fingerprint density at radius 2 is 2.18 bits per heavy atom. The molecule has 0 spiro atoms. The maximum absolute atomic E-state index is 5.62. The number of nitrogens with zero attached hydrogens (tertiary/aromatic N) is 1. The molecule has 4 radical (unpaired) electrons. The summed E-state index contributed by atoms with van der Waals surface area (Å²) in [6, 6.07) is 3.72. The molecule has 2 rings (SSSR count). The molecule has 2 nitrogen and oxygen atoms in total. The fourth-order valence-electron chi connectivity index (χ4n) is 1.06. The van der Waals surface area contributed by atoms with Crippen LogP contribution in [0.1, 0.15) is 11.3 Å². The van der Waals surface area contributed by atoms with Gasteiger partial charge in [-0.3, -0.25) is 4.98 Å². The van der Waals surface area contributed by atoms with Gasteiger partial charge in [0.15, 0.2) is 0 Å². The van der Waals surface area contributed by atoms with Gasteiger partial charge in [0.2, 0.25) is 0 Å². The molecule has 0 unspecified atom stereocenters. The Labute approximate surface area is 65.3 Å². The molecule has 0 bridgehead atoms. The number of aromatic nitrogens is 2. The summed E-state index contributed by atoms with van der Waals surface area (Å²) in [6.07, 6.45) is 1.69. The third-order valence-electron chi connectivity index (χ3n) is 1.62. The first-order chi connectivity index (χ1) is 5.29. The van der Waals surface area contributed by atoms with Gasteiger partial charge in [-0.25, -0.2) is 0 Å². The number of H-pyrrole nitrogens is 1. The van der Waals surface area contributed by atoms with Gasteiger partial charge >= 0.3 is 0 Å². The summed E-state index contributed by atoms with van der Waals surface area (Å²) in [5.41, 5.74) is 2.63. The molecular weight excluding hydrogens is 136 g/mol. The van der Waals surface area contributed by atoms with Gasteiger partial charge in [-0.1, -0.05) is 0 Å². The van der Waals surface area contributed by atoms with Crippen LogP contribution in [-0.2, 0) is 0 Å². The molecule has 2 heteroatoms. The van der Waals surface area contributed by atoms with E-state index >= 15 is 0 Å². The van der Waals surface area contributed by atoms with Gasteiger partial charge in [0, 0.05) is 31.3 Å². The van der Waals surface area contributed by atoms with Crippen molar-refractivity contribution < 1.29 is 0 Å². The zero-order valence-electron chi connectivity index (χ0n) is 5.83. The quantitative estimate of drug-likeness (QED) is 0.595. The average molecular weight is 142 g/mol. The van der Waals surface area contributed by atoms with E-state index in [1.807, 2.05) is 12.1 Å². The van der Waals surface area contributed by atoms with Crippen LogP contribution in [0, 0.1) is 13.8 Å². The highest BCUT2D eigenvalue weighted by atomic mass is 14.8. The van der Waals surface area contributed by atoms with Gasteiger partial charge in [0.1, 0.15) is 0 Å². The second-order valence-corrected chi connectivity index (χ2v) is 2.35. The molecule has 0 aliphatic carbocycles. The molecule has 0 saturated heterocycles.